The van der Waals surface area contributed by atoms with Gasteiger partial charge in [0.2, 0.25) is 0 Å². The summed E-state index contributed by atoms with van der Waals surface area (Å²) in [6.45, 7) is 6.12. The van der Waals surface area contributed by atoms with Gasteiger partial charge in [0.15, 0.2) is 0 Å². The topological polar surface area (TPSA) is 37.3 Å². The average Bonchev–Trinajstić information content (AvgIpc) is 1.84. The Hall–Kier alpha value is -0.790. The highest BCUT2D eigenvalue weighted by atomic mass is 16.4. The molecule has 0 rings (SSSR count). The van der Waals surface area contributed by atoms with Gasteiger partial charge in [0.1, 0.15) is 0 Å². The summed E-state index contributed by atoms with van der Waals surface area (Å²) >= 11 is 0. The second kappa shape index (κ2) is 5.81. The molecule has 2 nitrogen and oxygen atoms in total. The van der Waals surface area contributed by atoms with Gasteiger partial charge < -0.3 is 5.11 Å². The van der Waals surface area contributed by atoms with Gasteiger partial charge in [-0.1, -0.05) is 31.9 Å². The number of carboxylic acids is 1. The van der Waals surface area contributed by atoms with Gasteiger partial charge in [-0.2, -0.15) is 0 Å². The van der Waals surface area contributed by atoms with Crippen LogP contribution in [-0.2, 0) is 4.79 Å². The summed E-state index contributed by atoms with van der Waals surface area (Å²) in [5, 5.41) is 8.50. The Balaban J connectivity index is 3.86. The molecular weight excluding hydrogens is 152 g/mol. The fraction of sp³-hybridized carbons (Fsp3) is 0.700. The molecule has 1 atom stereocenters. The fourth-order valence-corrected chi connectivity index (χ4v) is 1.30. The molecule has 0 heterocycles. The minimum absolute atomic E-state index is 0.161. The van der Waals surface area contributed by atoms with Crippen molar-refractivity contribution in [2.45, 2.75) is 40.0 Å². The molecule has 0 amide bonds. The molecule has 0 radical (unpaired) electrons. The number of carbonyl (C=O) groups is 1. The van der Waals surface area contributed by atoms with Gasteiger partial charge in [0.25, 0.3) is 0 Å². The minimum Gasteiger partial charge on any atom is -0.481 e. The van der Waals surface area contributed by atoms with Crippen LogP contribution < -0.4 is 0 Å². The summed E-state index contributed by atoms with van der Waals surface area (Å²) < 4.78 is 0. The van der Waals surface area contributed by atoms with Crippen molar-refractivity contribution in [3.8, 4) is 0 Å². The van der Waals surface area contributed by atoms with E-state index >= 15 is 0 Å². The first-order valence-electron chi connectivity index (χ1n) is 4.45. The molecule has 0 aromatic rings. The number of carboxylic acid groups (broad SMARTS) is 1. The van der Waals surface area contributed by atoms with Crippen LogP contribution in [0.2, 0.25) is 0 Å². The molecular formula is C10H18O2. The van der Waals surface area contributed by atoms with Crippen LogP contribution in [0.15, 0.2) is 11.6 Å². The molecule has 0 saturated heterocycles. The molecule has 0 aromatic carbocycles. The summed E-state index contributed by atoms with van der Waals surface area (Å²) in [5.74, 6) is -0.558. The first-order valence-corrected chi connectivity index (χ1v) is 4.45. The van der Waals surface area contributed by atoms with Crippen molar-refractivity contribution < 1.29 is 9.90 Å². The zero-order valence-electron chi connectivity index (χ0n) is 8.13. The highest BCUT2D eigenvalue weighted by Gasteiger charge is 2.04. The highest BCUT2D eigenvalue weighted by Crippen LogP contribution is 2.11. The molecule has 1 unspecified atom stereocenters. The lowest BCUT2D eigenvalue weighted by Gasteiger charge is -2.04. The van der Waals surface area contributed by atoms with Gasteiger partial charge >= 0.3 is 5.97 Å². The molecule has 12 heavy (non-hydrogen) atoms. The van der Waals surface area contributed by atoms with E-state index in [1.165, 1.54) is 5.57 Å². The Kier molecular flexibility index (Phi) is 5.43. The monoisotopic (exact) mass is 170 g/mol. The van der Waals surface area contributed by atoms with Crippen molar-refractivity contribution in [3.05, 3.63) is 11.6 Å². The molecule has 2 heteroatoms. The van der Waals surface area contributed by atoms with Crippen molar-refractivity contribution >= 4 is 5.97 Å². The fourth-order valence-electron chi connectivity index (χ4n) is 1.30. The van der Waals surface area contributed by atoms with Crippen molar-refractivity contribution in [3.63, 3.8) is 0 Å². The number of rotatable bonds is 5. The summed E-state index contributed by atoms with van der Waals surface area (Å²) in [7, 11) is 0. The van der Waals surface area contributed by atoms with E-state index in [2.05, 4.69) is 19.9 Å². The van der Waals surface area contributed by atoms with Gasteiger partial charge in [-0.3, -0.25) is 4.79 Å². The summed E-state index contributed by atoms with van der Waals surface area (Å²) in [6.07, 6.45) is 4.49. The average molecular weight is 170 g/mol. The third-order valence-electron chi connectivity index (χ3n) is 1.71. The maximum Gasteiger partial charge on any atom is 0.303 e. The van der Waals surface area contributed by atoms with Crippen LogP contribution in [0.3, 0.4) is 0 Å². The predicted octanol–water partition coefficient (Wildman–Crippen LogP) is 2.84. The number of aliphatic carboxylic acids is 1. The van der Waals surface area contributed by atoms with Crippen LogP contribution in [-0.4, -0.2) is 11.1 Å². The van der Waals surface area contributed by atoms with E-state index in [0.29, 0.717) is 0 Å². The van der Waals surface area contributed by atoms with Gasteiger partial charge in [0.05, 0.1) is 6.42 Å². The highest BCUT2D eigenvalue weighted by molar-refractivity contribution is 5.67. The Morgan fingerprint density at radius 2 is 2.17 bits per heavy atom. The van der Waals surface area contributed by atoms with E-state index in [0.717, 1.165) is 12.8 Å². The second-order valence-electron chi connectivity index (χ2n) is 3.34. The lowest BCUT2D eigenvalue weighted by atomic mass is 10.0. The predicted molar refractivity (Wildman–Crippen MR) is 50.1 cm³/mol. The quantitative estimate of drug-likeness (QED) is 0.644. The van der Waals surface area contributed by atoms with Crippen molar-refractivity contribution in [1.82, 2.24) is 0 Å². The summed E-state index contributed by atoms with van der Waals surface area (Å²) in [5.41, 5.74) is 1.30. The third-order valence-corrected chi connectivity index (χ3v) is 1.71. The van der Waals surface area contributed by atoms with E-state index in [9.17, 15) is 4.79 Å². The van der Waals surface area contributed by atoms with E-state index in [1.807, 2.05) is 6.92 Å². The smallest absolute Gasteiger partial charge is 0.303 e. The Morgan fingerprint density at radius 3 is 2.58 bits per heavy atom. The van der Waals surface area contributed by atoms with Crippen molar-refractivity contribution in [2.75, 3.05) is 0 Å². The maximum atomic E-state index is 10.3. The van der Waals surface area contributed by atoms with Gasteiger partial charge in [0, 0.05) is 0 Å². The van der Waals surface area contributed by atoms with Crippen molar-refractivity contribution in [2.24, 2.45) is 5.92 Å². The lowest BCUT2D eigenvalue weighted by Crippen LogP contribution is -2.01. The first-order chi connectivity index (χ1) is 5.56. The number of allylic oxidation sites excluding steroid dienone is 2. The van der Waals surface area contributed by atoms with Crippen LogP contribution in [0.5, 0.6) is 0 Å². The van der Waals surface area contributed by atoms with E-state index < -0.39 is 5.97 Å². The Morgan fingerprint density at radius 1 is 1.58 bits per heavy atom. The van der Waals surface area contributed by atoms with Crippen LogP contribution >= 0.6 is 0 Å². The van der Waals surface area contributed by atoms with Crippen LogP contribution in [0.4, 0.5) is 0 Å². The largest absolute Gasteiger partial charge is 0.481 e. The standard InChI is InChI=1S/C10H18O2/c1-4-5-8(2)6-9(3)7-10(11)12/h6,9H,4-5,7H2,1-3H3,(H,11,12). The van der Waals surface area contributed by atoms with E-state index in [1.54, 1.807) is 0 Å². The number of hydrogen-bond acceptors (Lipinski definition) is 1. The molecule has 70 valence electrons. The second-order valence-corrected chi connectivity index (χ2v) is 3.34. The van der Waals surface area contributed by atoms with Crippen LogP contribution in [0.25, 0.3) is 0 Å². The van der Waals surface area contributed by atoms with Crippen molar-refractivity contribution in [1.29, 1.82) is 0 Å². The lowest BCUT2D eigenvalue weighted by molar-refractivity contribution is -0.137. The molecule has 0 aliphatic rings. The zero-order chi connectivity index (χ0) is 9.56. The van der Waals surface area contributed by atoms with Gasteiger partial charge in [-0.05, 0) is 19.3 Å². The molecule has 1 N–H and O–H groups in total. The minimum atomic E-state index is -0.719. The molecule has 0 aromatic heterocycles. The maximum absolute atomic E-state index is 10.3. The zero-order valence-corrected chi connectivity index (χ0v) is 8.13. The van der Waals surface area contributed by atoms with E-state index in [-0.39, 0.29) is 12.3 Å². The van der Waals surface area contributed by atoms with Gasteiger partial charge in [-0.25, -0.2) is 0 Å². The molecule has 0 spiro atoms. The summed E-state index contributed by atoms with van der Waals surface area (Å²) in [4.78, 5) is 10.3. The first kappa shape index (κ1) is 11.2. The number of hydrogen-bond donors (Lipinski definition) is 1. The molecule has 0 fully saturated rings. The molecule has 0 bridgehead atoms. The third kappa shape index (κ3) is 5.96. The van der Waals surface area contributed by atoms with Crippen LogP contribution in [0, 0.1) is 5.92 Å². The molecule has 0 aliphatic carbocycles. The molecule has 0 saturated carbocycles. The Bertz CT molecular complexity index is 171. The molecule has 0 aliphatic heterocycles. The SMILES string of the molecule is CCCC(C)=CC(C)CC(=O)O. The Labute approximate surface area is 74.3 Å². The summed E-state index contributed by atoms with van der Waals surface area (Å²) in [6, 6.07) is 0. The van der Waals surface area contributed by atoms with Gasteiger partial charge in [-0.15, -0.1) is 0 Å². The van der Waals surface area contributed by atoms with Crippen LogP contribution in [0.1, 0.15) is 40.0 Å². The normalized spacial score (nSPS) is 14.4. The van der Waals surface area contributed by atoms with E-state index in [4.69, 9.17) is 5.11 Å².